The fourth-order valence-electron chi connectivity index (χ4n) is 1.63. The molecule has 1 aliphatic rings. The zero-order valence-electron chi connectivity index (χ0n) is 8.40. The van der Waals surface area contributed by atoms with Crippen LogP contribution in [-0.4, -0.2) is 24.6 Å². The predicted octanol–water partition coefficient (Wildman–Crippen LogP) is 1.39. The molecule has 1 aromatic rings. The van der Waals surface area contributed by atoms with E-state index >= 15 is 0 Å². The third kappa shape index (κ3) is 1.52. The van der Waals surface area contributed by atoms with Gasteiger partial charge in [0.15, 0.2) is 0 Å². The summed E-state index contributed by atoms with van der Waals surface area (Å²) < 4.78 is 9.73. The van der Waals surface area contributed by atoms with Crippen LogP contribution in [0.4, 0.5) is 0 Å². The highest BCUT2D eigenvalue weighted by Gasteiger charge is 2.44. The smallest absolute Gasteiger partial charge is 0.350 e. The molecular weight excluding hydrogens is 216 g/mol. The molecule has 2 heterocycles. The summed E-state index contributed by atoms with van der Waals surface area (Å²) in [6, 6.07) is 1.83. The molecule has 0 radical (unpaired) electrons. The molecule has 2 rings (SSSR count). The zero-order chi connectivity index (χ0) is 11.1. The summed E-state index contributed by atoms with van der Waals surface area (Å²) in [5.41, 5.74) is -0.330. The summed E-state index contributed by atoms with van der Waals surface area (Å²) in [5, 5.41) is 1.81. The minimum Gasteiger partial charge on any atom is -0.466 e. The van der Waals surface area contributed by atoms with Crippen molar-refractivity contribution in [3.63, 3.8) is 0 Å². The fourth-order valence-corrected chi connectivity index (χ4v) is 2.43. The van der Waals surface area contributed by atoms with Gasteiger partial charge in [0.25, 0.3) is 0 Å². The normalized spacial score (nSPS) is 24.3. The second kappa shape index (κ2) is 3.34. The van der Waals surface area contributed by atoms with E-state index in [-0.39, 0.29) is 0 Å². The van der Waals surface area contributed by atoms with E-state index in [4.69, 9.17) is 4.74 Å². The maximum absolute atomic E-state index is 11.6. The molecule has 0 fully saturated rings. The number of carbonyl (C=O) groups excluding carboxylic acids is 2. The van der Waals surface area contributed by atoms with Gasteiger partial charge in [0, 0.05) is 6.42 Å². The highest BCUT2D eigenvalue weighted by atomic mass is 32.1. The van der Waals surface area contributed by atoms with E-state index in [9.17, 15) is 9.59 Å². The summed E-state index contributed by atoms with van der Waals surface area (Å²) >= 11 is 1.33. The Bertz CT molecular complexity index is 423. The number of ether oxygens (including phenoxy) is 2. The molecule has 0 aliphatic carbocycles. The van der Waals surface area contributed by atoms with Crippen LogP contribution < -0.4 is 0 Å². The van der Waals surface area contributed by atoms with Crippen LogP contribution in [0.5, 0.6) is 0 Å². The quantitative estimate of drug-likeness (QED) is 0.679. The Kier molecular flexibility index (Phi) is 2.26. The Morgan fingerprint density at radius 3 is 3.07 bits per heavy atom. The summed E-state index contributed by atoms with van der Waals surface area (Å²) in [4.78, 5) is 23.6. The fraction of sp³-hybridized carbons (Fsp3) is 0.400. The highest BCUT2D eigenvalue weighted by Crippen LogP contribution is 2.31. The molecule has 0 aromatic carbocycles. The zero-order valence-corrected chi connectivity index (χ0v) is 9.22. The van der Waals surface area contributed by atoms with Crippen molar-refractivity contribution in [2.75, 3.05) is 7.11 Å². The van der Waals surface area contributed by atoms with E-state index in [1.165, 1.54) is 18.4 Å². The molecule has 1 aliphatic heterocycles. The molecule has 0 saturated heterocycles. The lowest BCUT2D eigenvalue weighted by atomic mass is 9.94. The lowest BCUT2D eigenvalue weighted by molar-refractivity contribution is -0.161. The van der Waals surface area contributed by atoms with Crippen LogP contribution in [-0.2, 0) is 20.7 Å². The van der Waals surface area contributed by atoms with Gasteiger partial charge in [-0.05, 0) is 23.9 Å². The molecule has 5 heteroatoms. The molecule has 0 amide bonds. The molecule has 0 N–H and O–H groups in total. The number of rotatable bonds is 1. The van der Waals surface area contributed by atoms with Crippen LogP contribution in [0.25, 0.3) is 0 Å². The van der Waals surface area contributed by atoms with Gasteiger partial charge in [0.05, 0.1) is 7.11 Å². The second-order valence-electron chi connectivity index (χ2n) is 3.56. The van der Waals surface area contributed by atoms with Crippen LogP contribution in [0, 0.1) is 0 Å². The number of methoxy groups -OCH3 is 1. The molecule has 1 aromatic heterocycles. The van der Waals surface area contributed by atoms with Crippen molar-refractivity contribution in [1.29, 1.82) is 0 Å². The lowest BCUT2D eigenvalue weighted by Crippen LogP contribution is -2.46. The molecule has 0 saturated carbocycles. The maximum atomic E-state index is 11.6. The lowest BCUT2D eigenvalue weighted by Gasteiger charge is -2.30. The van der Waals surface area contributed by atoms with E-state index < -0.39 is 17.5 Å². The van der Waals surface area contributed by atoms with Gasteiger partial charge < -0.3 is 9.47 Å². The Morgan fingerprint density at radius 2 is 2.40 bits per heavy atom. The van der Waals surface area contributed by atoms with Crippen molar-refractivity contribution in [3.05, 3.63) is 21.9 Å². The first-order chi connectivity index (χ1) is 7.07. The van der Waals surface area contributed by atoms with Gasteiger partial charge in [-0.1, -0.05) is 0 Å². The molecule has 0 spiro atoms. The van der Waals surface area contributed by atoms with Crippen LogP contribution in [0.15, 0.2) is 11.4 Å². The number of hydrogen-bond acceptors (Lipinski definition) is 5. The SMILES string of the molecule is COC(=O)C1(C)Cc2ccsc2C(=O)O1. The number of thiophene rings is 1. The van der Waals surface area contributed by atoms with Crippen molar-refractivity contribution < 1.29 is 19.1 Å². The Labute approximate surface area is 90.8 Å². The predicted molar refractivity (Wildman–Crippen MR) is 53.9 cm³/mol. The van der Waals surface area contributed by atoms with Gasteiger partial charge in [-0.15, -0.1) is 11.3 Å². The second-order valence-corrected chi connectivity index (χ2v) is 4.48. The monoisotopic (exact) mass is 226 g/mol. The molecule has 80 valence electrons. The average molecular weight is 226 g/mol. The van der Waals surface area contributed by atoms with Gasteiger partial charge in [0.2, 0.25) is 5.60 Å². The number of cyclic esters (lactones) is 1. The Morgan fingerprint density at radius 1 is 1.67 bits per heavy atom. The third-order valence-electron chi connectivity index (χ3n) is 2.40. The highest BCUT2D eigenvalue weighted by molar-refractivity contribution is 7.12. The van der Waals surface area contributed by atoms with Crippen molar-refractivity contribution >= 4 is 23.3 Å². The summed E-state index contributed by atoms with van der Waals surface area (Å²) in [7, 11) is 1.28. The molecule has 4 nitrogen and oxygen atoms in total. The minimum atomic E-state index is -1.18. The van der Waals surface area contributed by atoms with Crippen LogP contribution in [0.3, 0.4) is 0 Å². The van der Waals surface area contributed by atoms with Crippen molar-refractivity contribution in [2.45, 2.75) is 18.9 Å². The van der Waals surface area contributed by atoms with E-state index in [1.807, 2.05) is 11.4 Å². The summed E-state index contributed by atoms with van der Waals surface area (Å²) in [6.45, 7) is 1.57. The number of carbonyl (C=O) groups is 2. The Balaban J connectivity index is 2.37. The molecular formula is C10H10O4S. The van der Waals surface area contributed by atoms with Crippen molar-refractivity contribution in [3.8, 4) is 0 Å². The van der Waals surface area contributed by atoms with Gasteiger partial charge in [-0.2, -0.15) is 0 Å². The standard InChI is InChI=1S/C10H10O4S/c1-10(9(12)13-2)5-6-3-4-15-7(6)8(11)14-10/h3-4H,5H2,1-2H3. The molecule has 1 unspecified atom stereocenters. The van der Waals surface area contributed by atoms with Gasteiger partial charge in [-0.25, -0.2) is 9.59 Å². The maximum Gasteiger partial charge on any atom is 0.350 e. The Hall–Kier alpha value is -1.36. The third-order valence-corrected chi connectivity index (χ3v) is 3.33. The largest absolute Gasteiger partial charge is 0.466 e. The summed E-state index contributed by atoms with van der Waals surface area (Å²) in [5.74, 6) is -0.966. The van der Waals surface area contributed by atoms with Crippen LogP contribution in [0.1, 0.15) is 22.2 Å². The topological polar surface area (TPSA) is 52.6 Å². The minimum absolute atomic E-state index is 0.379. The number of fused-ring (bicyclic) bond motifs is 1. The van der Waals surface area contributed by atoms with E-state index in [2.05, 4.69) is 4.74 Å². The molecule has 15 heavy (non-hydrogen) atoms. The van der Waals surface area contributed by atoms with E-state index in [1.54, 1.807) is 6.92 Å². The first-order valence-corrected chi connectivity index (χ1v) is 5.33. The molecule has 1 atom stereocenters. The van der Waals surface area contributed by atoms with Gasteiger partial charge >= 0.3 is 11.9 Å². The summed E-state index contributed by atoms with van der Waals surface area (Å²) in [6.07, 6.45) is 0.379. The first-order valence-electron chi connectivity index (χ1n) is 4.45. The molecule has 0 bridgehead atoms. The van der Waals surface area contributed by atoms with Crippen molar-refractivity contribution in [1.82, 2.24) is 0 Å². The van der Waals surface area contributed by atoms with Gasteiger partial charge in [0.1, 0.15) is 4.88 Å². The van der Waals surface area contributed by atoms with Crippen LogP contribution in [0.2, 0.25) is 0 Å². The van der Waals surface area contributed by atoms with Crippen LogP contribution >= 0.6 is 11.3 Å². The number of esters is 2. The van der Waals surface area contributed by atoms with Gasteiger partial charge in [-0.3, -0.25) is 0 Å². The van der Waals surface area contributed by atoms with E-state index in [0.29, 0.717) is 11.3 Å². The number of hydrogen-bond donors (Lipinski definition) is 0. The van der Waals surface area contributed by atoms with E-state index in [0.717, 1.165) is 5.56 Å². The van der Waals surface area contributed by atoms with Crippen molar-refractivity contribution in [2.24, 2.45) is 0 Å². The first kappa shape index (κ1) is 10.2. The average Bonchev–Trinajstić information content (AvgIpc) is 2.64.